The van der Waals surface area contributed by atoms with E-state index >= 15 is 0 Å². The van der Waals surface area contributed by atoms with Crippen LogP contribution in [0.5, 0.6) is 0 Å². The highest BCUT2D eigenvalue weighted by Gasteiger charge is 2.31. The van der Waals surface area contributed by atoms with Gasteiger partial charge in [-0.05, 0) is 71.4 Å². The fourth-order valence-electron chi connectivity index (χ4n) is 2.28. The molecule has 1 aromatic heterocycles. The lowest BCUT2D eigenvalue weighted by Crippen LogP contribution is -2.04. The first kappa shape index (κ1) is 12.2. The van der Waals surface area contributed by atoms with Gasteiger partial charge in [-0.15, -0.1) is 10.2 Å². The maximum Gasteiger partial charge on any atom is 0.229 e. The minimum Gasteiger partial charge on any atom is -0.268 e. The molecule has 0 aliphatic heterocycles. The van der Waals surface area contributed by atoms with Crippen molar-refractivity contribution < 1.29 is 0 Å². The van der Waals surface area contributed by atoms with E-state index in [1.165, 1.54) is 24.0 Å². The van der Waals surface area contributed by atoms with Gasteiger partial charge in [0, 0.05) is 10.4 Å². The number of aromatic nitrogens is 3. The third kappa shape index (κ3) is 1.97. The average Bonchev–Trinajstić information content (AvgIpc) is 3.04. The lowest BCUT2D eigenvalue weighted by atomic mass is 10.1. The minimum atomic E-state index is 0.435. The highest BCUT2D eigenvalue weighted by molar-refractivity contribution is 9.10. The summed E-state index contributed by atoms with van der Waals surface area (Å²) >= 11 is 9.83. The molecule has 1 aromatic carbocycles. The molecule has 0 spiro atoms. The second-order valence-corrected chi connectivity index (χ2v) is 6.04. The second-order valence-electron chi connectivity index (χ2n) is 4.85. The molecule has 0 atom stereocenters. The smallest absolute Gasteiger partial charge is 0.229 e. The number of rotatable bonds is 2. The molecule has 1 heterocycles. The van der Waals surface area contributed by atoms with Crippen LogP contribution in [-0.4, -0.2) is 14.8 Å². The first-order chi connectivity index (χ1) is 8.58. The molecule has 0 N–H and O–H groups in total. The van der Waals surface area contributed by atoms with Crippen LogP contribution in [0.1, 0.15) is 35.7 Å². The van der Waals surface area contributed by atoms with Gasteiger partial charge >= 0.3 is 0 Å². The van der Waals surface area contributed by atoms with Crippen LogP contribution in [0, 0.1) is 13.8 Å². The predicted molar refractivity (Wildman–Crippen MR) is 75.5 cm³/mol. The van der Waals surface area contributed by atoms with Crippen LogP contribution in [0.3, 0.4) is 0 Å². The van der Waals surface area contributed by atoms with Gasteiger partial charge in [0.2, 0.25) is 5.28 Å². The molecule has 0 amide bonds. The number of hydrogen-bond donors (Lipinski definition) is 0. The zero-order valence-electron chi connectivity index (χ0n) is 10.2. The highest BCUT2D eigenvalue weighted by Crippen LogP contribution is 2.42. The van der Waals surface area contributed by atoms with Crippen molar-refractivity contribution >= 4 is 27.5 Å². The first-order valence-corrected chi connectivity index (χ1v) is 7.13. The van der Waals surface area contributed by atoms with Gasteiger partial charge in [-0.2, -0.15) is 0 Å². The largest absolute Gasteiger partial charge is 0.268 e. The number of hydrogen-bond acceptors (Lipinski definition) is 2. The van der Waals surface area contributed by atoms with Crippen molar-refractivity contribution in [2.75, 3.05) is 0 Å². The Hall–Kier alpha value is -0.870. The minimum absolute atomic E-state index is 0.435. The number of nitrogens with zero attached hydrogens (tertiary/aromatic N) is 3. The molecule has 1 fully saturated rings. The zero-order chi connectivity index (χ0) is 12.9. The van der Waals surface area contributed by atoms with Crippen molar-refractivity contribution in [2.24, 2.45) is 0 Å². The summed E-state index contributed by atoms with van der Waals surface area (Å²) in [7, 11) is 0. The lowest BCUT2D eigenvalue weighted by molar-refractivity contribution is 0.865. The van der Waals surface area contributed by atoms with Crippen LogP contribution in [0.2, 0.25) is 5.28 Å². The average molecular weight is 327 g/mol. The van der Waals surface area contributed by atoms with E-state index in [2.05, 4.69) is 52.1 Å². The summed E-state index contributed by atoms with van der Waals surface area (Å²) in [6.45, 7) is 4.16. The van der Waals surface area contributed by atoms with Crippen LogP contribution in [0.4, 0.5) is 0 Å². The molecule has 94 valence electrons. The standard InChI is InChI=1S/C13H13BrClN3/c1-7-5-8(2)11(10(14)6-7)18-12(9-3-4-9)16-17-13(18)15/h5-6,9H,3-4H2,1-2H3. The van der Waals surface area contributed by atoms with Gasteiger partial charge in [-0.1, -0.05) is 6.07 Å². The Labute approximate surface area is 119 Å². The Kier molecular flexibility index (Phi) is 2.94. The van der Waals surface area contributed by atoms with E-state index in [0.29, 0.717) is 11.2 Å². The van der Waals surface area contributed by atoms with E-state index in [9.17, 15) is 0 Å². The van der Waals surface area contributed by atoms with E-state index < -0.39 is 0 Å². The molecule has 0 bridgehead atoms. The van der Waals surface area contributed by atoms with E-state index in [-0.39, 0.29) is 0 Å². The van der Waals surface area contributed by atoms with Gasteiger partial charge in [0.25, 0.3) is 0 Å². The van der Waals surface area contributed by atoms with Gasteiger partial charge in [0.05, 0.1) is 5.69 Å². The molecule has 0 unspecified atom stereocenters. The molecule has 2 aromatic rings. The number of halogens is 2. The maximum atomic E-state index is 6.20. The van der Waals surface area contributed by atoms with Crippen LogP contribution in [0.25, 0.3) is 5.69 Å². The quantitative estimate of drug-likeness (QED) is 0.829. The summed E-state index contributed by atoms with van der Waals surface area (Å²) in [5.41, 5.74) is 3.45. The summed E-state index contributed by atoms with van der Waals surface area (Å²) in [6, 6.07) is 4.24. The van der Waals surface area contributed by atoms with Crippen molar-refractivity contribution in [1.82, 2.24) is 14.8 Å². The Morgan fingerprint density at radius 2 is 2.00 bits per heavy atom. The zero-order valence-corrected chi connectivity index (χ0v) is 12.6. The van der Waals surface area contributed by atoms with Crippen molar-refractivity contribution in [3.8, 4) is 5.69 Å². The summed E-state index contributed by atoms with van der Waals surface area (Å²) in [5.74, 6) is 1.49. The first-order valence-electron chi connectivity index (χ1n) is 5.96. The molecular weight excluding hydrogens is 314 g/mol. The highest BCUT2D eigenvalue weighted by atomic mass is 79.9. The molecule has 1 saturated carbocycles. The Morgan fingerprint density at radius 1 is 1.28 bits per heavy atom. The molecule has 5 heteroatoms. The number of aryl methyl sites for hydroxylation is 2. The molecule has 18 heavy (non-hydrogen) atoms. The number of benzene rings is 1. The van der Waals surface area contributed by atoms with E-state index in [1.54, 1.807) is 0 Å². The topological polar surface area (TPSA) is 30.7 Å². The Balaban J connectivity index is 2.23. The third-order valence-electron chi connectivity index (χ3n) is 3.21. The van der Waals surface area contributed by atoms with E-state index in [1.807, 2.05) is 4.57 Å². The van der Waals surface area contributed by atoms with Crippen LogP contribution < -0.4 is 0 Å². The summed E-state index contributed by atoms with van der Waals surface area (Å²) in [4.78, 5) is 0. The van der Waals surface area contributed by atoms with E-state index in [4.69, 9.17) is 11.6 Å². The van der Waals surface area contributed by atoms with Crippen molar-refractivity contribution in [3.63, 3.8) is 0 Å². The summed E-state index contributed by atoms with van der Waals surface area (Å²) < 4.78 is 3.00. The Bertz CT molecular complexity index is 594. The molecule has 1 aliphatic rings. The molecule has 3 nitrogen and oxygen atoms in total. The molecular formula is C13H13BrClN3. The third-order valence-corrected chi connectivity index (χ3v) is 4.06. The van der Waals surface area contributed by atoms with Crippen LogP contribution in [0.15, 0.2) is 16.6 Å². The van der Waals surface area contributed by atoms with Crippen molar-refractivity contribution in [1.29, 1.82) is 0 Å². The fourth-order valence-corrected chi connectivity index (χ4v) is 3.34. The van der Waals surface area contributed by atoms with Crippen LogP contribution in [-0.2, 0) is 0 Å². The van der Waals surface area contributed by atoms with Crippen molar-refractivity contribution in [3.05, 3.63) is 38.8 Å². The predicted octanol–water partition coefficient (Wildman–Crippen LogP) is 4.18. The van der Waals surface area contributed by atoms with E-state index in [0.717, 1.165) is 16.0 Å². The van der Waals surface area contributed by atoms with Gasteiger partial charge in [0.1, 0.15) is 5.82 Å². The maximum absolute atomic E-state index is 6.20. The van der Waals surface area contributed by atoms with Gasteiger partial charge in [0.15, 0.2) is 0 Å². The lowest BCUT2D eigenvalue weighted by Gasteiger charge is -2.13. The summed E-state index contributed by atoms with van der Waals surface area (Å²) in [6.07, 6.45) is 2.36. The molecule has 0 saturated heterocycles. The normalized spacial score (nSPS) is 15.1. The van der Waals surface area contributed by atoms with Crippen molar-refractivity contribution in [2.45, 2.75) is 32.6 Å². The van der Waals surface area contributed by atoms with Gasteiger partial charge in [-0.25, -0.2) is 0 Å². The fraction of sp³-hybridized carbons (Fsp3) is 0.385. The van der Waals surface area contributed by atoms with Gasteiger partial charge < -0.3 is 0 Å². The van der Waals surface area contributed by atoms with Crippen LogP contribution >= 0.6 is 27.5 Å². The molecule has 3 rings (SSSR count). The SMILES string of the molecule is Cc1cc(C)c(-n2c(Cl)nnc2C2CC2)c(Br)c1. The second kappa shape index (κ2) is 4.35. The van der Waals surface area contributed by atoms with Gasteiger partial charge in [-0.3, -0.25) is 4.57 Å². The molecule has 1 aliphatic carbocycles. The summed E-state index contributed by atoms with van der Waals surface area (Å²) in [5, 5.41) is 8.67. The Morgan fingerprint density at radius 3 is 2.61 bits per heavy atom. The monoisotopic (exact) mass is 325 g/mol. The molecule has 0 radical (unpaired) electrons.